The Morgan fingerprint density at radius 1 is 1.14 bits per heavy atom. The van der Waals surface area contributed by atoms with Gasteiger partial charge in [-0.3, -0.25) is 0 Å². The van der Waals surface area contributed by atoms with Gasteiger partial charge in [0.25, 0.3) is 0 Å². The van der Waals surface area contributed by atoms with Gasteiger partial charge in [0, 0.05) is 12.4 Å². The second-order valence-corrected chi connectivity index (χ2v) is 2.63. The molecule has 1 rings (SSSR count). The Labute approximate surface area is 86.6 Å². The summed E-state index contributed by atoms with van der Waals surface area (Å²) < 4.78 is 9.72. The van der Waals surface area contributed by atoms with E-state index >= 15 is 0 Å². The molecule has 0 aromatic carbocycles. The van der Waals surface area contributed by atoms with E-state index in [1.165, 1.54) is 14.2 Å². The highest BCUT2D eigenvalue weighted by atomic mass is 35.5. The predicted octanol–water partition coefficient (Wildman–Crippen LogP) is 0.539. The van der Waals surface area contributed by atoms with Crippen LogP contribution in [0.3, 0.4) is 0 Å². The summed E-state index contributed by atoms with van der Waals surface area (Å²) in [6, 6.07) is 0.405. The molecule has 0 saturated heterocycles. The van der Waals surface area contributed by atoms with Crippen molar-refractivity contribution in [2.75, 3.05) is 32.0 Å². The summed E-state index contributed by atoms with van der Waals surface area (Å²) >= 11 is 5.50. The highest BCUT2D eigenvalue weighted by molar-refractivity contribution is 6.18. The van der Waals surface area contributed by atoms with Crippen LogP contribution in [0.25, 0.3) is 0 Å². The molecule has 0 saturated carbocycles. The normalized spacial score (nSPS) is 9.64. The zero-order valence-electron chi connectivity index (χ0n) is 7.95. The van der Waals surface area contributed by atoms with Gasteiger partial charge in [0.2, 0.25) is 5.95 Å². The number of anilines is 1. The molecule has 0 amide bonds. The van der Waals surface area contributed by atoms with E-state index in [-0.39, 0.29) is 12.0 Å². The lowest BCUT2D eigenvalue weighted by atomic mass is 10.7. The number of hydrogen-bond donors (Lipinski definition) is 1. The zero-order chi connectivity index (χ0) is 10.4. The first-order valence-corrected chi connectivity index (χ1v) is 4.47. The first-order chi connectivity index (χ1) is 6.80. The van der Waals surface area contributed by atoms with Crippen molar-refractivity contribution >= 4 is 17.5 Å². The summed E-state index contributed by atoms with van der Waals surface area (Å²) in [7, 11) is 2.94. The molecule has 1 heterocycles. The predicted molar refractivity (Wildman–Crippen MR) is 52.1 cm³/mol. The zero-order valence-corrected chi connectivity index (χ0v) is 8.71. The number of nitrogens with zero attached hydrogens (tertiary/aromatic N) is 3. The Morgan fingerprint density at radius 3 is 2.14 bits per heavy atom. The summed E-state index contributed by atoms with van der Waals surface area (Å²) in [5.41, 5.74) is 0. The molecule has 0 aliphatic heterocycles. The summed E-state index contributed by atoms with van der Waals surface area (Å²) in [5.74, 6) is 0.852. The molecule has 0 radical (unpaired) electrons. The average Bonchev–Trinajstić information content (AvgIpc) is 2.25. The first kappa shape index (κ1) is 10.8. The second-order valence-electron chi connectivity index (χ2n) is 2.25. The quantitative estimate of drug-likeness (QED) is 0.728. The maximum atomic E-state index is 5.50. The topological polar surface area (TPSA) is 69.2 Å². The number of halogens is 1. The molecule has 14 heavy (non-hydrogen) atoms. The van der Waals surface area contributed by atoms with Crippen LogP contribution in [0.1, 0.15) is 0 Å². The van der Waals surface area contributed by atoms with E-state index in [4.69, 9.17) is 21.1 Å². The van der Waals surface area contributed by atoms with Crippen molar-refractivity contribution in [3.8, 4) is 12.0 Å². The molecule has 0 unspecified atom stereocenters. The monoisotopic (exact) mass is 218 g/mol. The minimum atomic E-state index is 0.203. The molecular weight excluding hydrogens is 208 g/mol. The standard InChI is InChI=1S/C7H11ClN4O2/c1-13-6-10-5(9-4-3-8)11-7(12-6)14-2/h3-4H2,1-2H3,(H,9,10,11,12). The molecule has 0 aliphatic rings. The lowest BCUT2D eigenvalue weighted by molar-refractivity contribution is 0.341. The Balaban J connectivity index is 2.81. The van der Waals surface area contributed by atoms with E-state index in [1.54, 1.807) is 0 Å². The summed E-state index contributed by atoms with van der Waals surface area (Å²) in [4.78, 5) is 11.7. The molecule has 0 spiro atoms. The van der Waals surface area contributed by atoms with Crippen LogP contribution in [0.4, 0.5) is 5.95 Å². The van der Waals surface area contributed by atoms with Crippen LogP contribution < -0.4 is 14.8 Å². The van der Waals surface area contributed by atoms with Gasteiger partial charge in [-0.25, -0.2) is 0 Å². The minimum Gasteiger partial charge on any atom is -0.467 e. The fourth-order valence-electron chi connectivity index (χ4n) is 0.759. The van der Waals surface area contributed by atoms with Gasteiger partial charge in [0.1, 0.15) is 0 Å². The number of ether oxygens (including phenoxy) is 2. The van der Waals surface area contributed by atoms with Crippen LogP contribution in [0.2, 0.25) is 0 Å². The van der Waals surface area contributed by atoms with Gasteiger partial charge in [0.05, 0.1) is 14.2 Å². The number of rotatable bonds is 5. The SMILES string of the molecule is COc1nc(NCCCl)nc(OC)n1. The smallest absolute Gasteiger partial charge is 0.324 e. The first-order valence-electron chi connectivity index (χ1n) is 3.94. The number of methoxy groups -OCH3 is 2. The minimum absolute atomic E-state index is 0.203. The number of hydrogen-bond acceptors (Lipinski definition) is 6. The molecule has 0 fully saturated rings. The van der Waals surface area contributed by atoms with Crippen molar-refractivity contribution in [3.05, 3.63) is 0 Å². The van der Waals surface area contributed by atoms with Crippen LogP contribution in [-0.2, 0) is 0 Å². The Kier molecular flexibility index (Phi) is 4.18. The summed E-state index contributed by atoms with van der Waals surface area (Å²) in [6.07, 6.45) is 0. The molecule has 7 heteroatoms. The van der Waals surface area contributed by atoms with Gasteiger partial charge >= 0.3 is 12.0 Å². The van der Waals surface area contributed by atoms with Gasteiger partial charge in [-0.15, -0.1) is 16.6 Å². The molecule has 6 nitrogen and oxygen atoms in total. The van der Waals surface area contributed by atoms with Crippen LogP contribution in [0, 0.1) is 0 Å². The van der Waals surface area contributed by atoms with E-state index in [0.717, 1.165) is 0 Å². The highest BCUT2D eigenvalue weighted by Gasteiger charge is 2.05. The molecule has 1 aromatic heterocycles. The van der Waals surface area contributed by atoms with Gasteiger partial charge in [-0.05, 0) is 0 Å². The summed E-state index contributed by atoms with van der Waals surface area (Å²) in [6.45, 7) is 0.567. The van der Waals surface area contributed by atoms with E-state index in [1.807, 2.05) is 0 Å². The van der Waals surface area contributed by atoms with E-state index < -0.39 is 0 Å². The fourth-order valence-corrected chi connectivity index (χ4v) is 0.853. The highest BCUT2D eigenvalue weighted by Crippen LogP contribution is 2.11. The Hall–Kier alpha value is -1.30. The van der Waals surface area contributed by atoms with Gasteiger partial charge in [0.15, 0.2) is 0 Å². The molecule has 0 aliphatic carbocycles. The van der Waals surface area contributed by atoms with Crippen LogP contribution in [0.15, 0.2) is 0 Å². The molecule has 1 N–H and O–H groups in total. The average molecular weight is 219 g/mol. The van der Waals surface area contributed by atoms with Crippen LogP contribution in [-0.4, -0.2) is 41.6 Å². The second kappa shape index (κ2) is 5.43. The summed E-state index contributed by atoms with van der Waals surface area (Å²) in [5, 5.41) is 2.89. The Morgan fingerprint density at radius 2 is 1.71 bits per heavy atom. The van der Waals surface area contributed by atoms with Crippen molar-refractivity contribution in [1.29, 1.82) is 0 Å². The van der Waals surface area contributed by atoms with Crippen LogP contribution in [0.5, 0.6) is 12.0 Å². The maximum Gasteiger partial charge on any atom is 0.324 e. The van der Waals surface area contributed by atoms with E-state index in [2.05, 4.69) is 20.3 Å². The molecule has 0 atom stereocenters. The lowest BCUT2D eigenvalue weighted by Crippen LogP contribution is -2.09. The van der Waals surface area contributed by atoms with Crippen molar-refractivity contribution in [1.82, 2.24) is 15.0 Å². The van der Waals surface area contributed by atoms with E-state index in [9.17, 15) is 0 Å². The van der Waals surface area contributed by atoms with Gasteiger partial charge in [-0.2, -0.15) is 9.97 Å². The van der Waals surface area contributed by atoms with Gasteiger partial charge in [-0.1, -0.05) is 0 Å². The number of alkyl halides is 1. The third kappa shape index (κ3) is 2.88. The third-order valence-corrected chi connectivity index (χ3v) is 1.53. The molecular formula is C7H11ClN4O2. The van der Waals surface area contributed by atoms with Crippen molar-refractivity contribution < 1.29 is 9.47 Å². The lowest BCUT2D eigenvalue weighted by Gasteiger charge is -2.05. The third-order valence-electron chi connectivity index (χ3n) is 1.34. The Bertz CT molecular complexity index is 275. The van der Waals surface area contributed by atoms with Crippen molar-refractivity contribution in [2.45, 2.75) is 0 Å². The van der Waals surface area contributed by atoms with E-state index in [0.29, 0.717) is 18.4 Å². The van der Waals surface area contributed by atoms with Crippen molar-refractivity contribution in [2.24, 2.45) is 0 Å². The number of nitrogens with one attached hydrogen (secondary N) is 1. The largest absolute Gasteiger partial charge is 0.467 e. The molecule has 0 bridgehead atoms. The van der Waals surface area contributed by atoms with Crippen molar-refractivity contribution in [3.63, 3.8) is 0 Å². The maximum absolute atomic E-state index is 5.50. The molecule has 78 valence electrons. The van der Waals surface area contributed by atoms with Gasteiger partial charge < -0.3 is 14.8 Å². The molecule has 1 aromatic rings. The van der Waals surface area contributed by atoms with Crippen LogP contribution >= 0.6 is 11.6 Å². The number of aromatic nitrogens is 3. The fraction of sp³-hybridized carbons (Fsp3) is 0.571.